The number of rotatable bonds is 5. The van der Waals surface area contributed by atoms with Crippen LogP contribution in [-0.2, 0) is 23.9 Å². The van der Waals surface area contributed by atoms with E-state index in [1.807, 2.05) is 6.92 Å². The molecule has 0 bridgehead atoms. The number of carboxylic acids is 1. The highest BCUT2D eigenvalue weighted by Crippen LogP contribution is 2.72. The SMILES string of the molecule is C=CC.CN(C)C(=O)C(=O)NC12CCCC1C1CCC3C(C)(CCC4C(C)(C)C(OC(=O)CC(C)(C)C(=O)O)CCC43C)C1CC2. The Hall–Kier alpha value is -2.38. The fourth-order valence-corrected chi connectivity index (χ4v) is 11.7. The Kier molecular flexibility index (Phi) is 10.2. The predicted molar refractivity (Wildman–Crippen MR) is 180 cm³/mol. The summed E-state index contributed by atoms with van der Waals surface area (Å²) >= 11 is 0. The molecule has 5 saturated carbocycles. The van der Waals surface area contributed by atoms with Gasteiger partial charge in [-0.25, -0.2) is 0 Å². The van der Waals surface area contributed by atoms with Crippen LogP contribution in [0.3, 0.4) is 0 Å². The Labute approximate surface area is 277 Å². The zero-order chi connectivity index (χ0) is 34.5. The lowest BCUT2D eigenvalue weighted by atomic mass is 9.36. The summed E-state index contributed by atoms with van der Waals surface area (Å²) in [5, 5.41) is 12.8. The van der Waals surface area contributed by atoms with Crippen molar-refractivity contribution in [2.45, 2.75) is 137 Å². The summed E-state index contributed by atoms with van der Waals surface area (Å²) in [5.74, 6) is 0.373. The Morgan fingerprint density at radius 3 is 2.13 bits per heavy atom. The number of nitrogens with one attached hydrogen (secondary N) is 1. The molecule has 0 aromatic rings. The van der Waals surface area contributed by atoms with E-state index in [0.29, 0.717) is 29.6 Å². The Morgan fingerprint density at radius 2 is 1.52 bits per heavy atom. The number of esters is 1. The fraction of sp³-hybridized carbons (Fsp3) is 0.842. The van der Waals surface area contributed by atoms with Crippen LogP contribution in [0.25, 0.3) is 0 Å². The fourth-order valence-electron chi connectivity index (χ4n) is 11.7. The van der Waals surface area contributed by atoms with Crippen molar-refractivity contribution >= 4 is 23.8 Å². The summed E-state index contributed by atoms with van der Waals surface area (Å²) in [6.45, 7) is 18.0. The highest BCUT2D eigenvalue weighted by molar-refractivity contribution is 6.35. The molecular weight excluding hydrogens is 580 g/mol. The summed E-state index contributed by atoms with van der Waals surface area (Å²) < 4.78 is 6.09. The topological polar surface area (TPSA) is 113 Å². The Morgan fingerprint density at radius 1 is 0.891 bits per heavy atom. The summed E-state index contributed by atoms with van der Waals surface area (Å²) in [4.78, 5) is 51.3. The Bertz CT molecular complexity index is 1210. The maximum atomic E-state index is 12.9. The van der Waals surface area contributed by atoms with Crippen molar-refractivity contribution in [2.24, 2.45) is 51.2 Å². The van der Waals surface area contributed by atoms with Crippen molar-refractivity contribution in [1.29, 1.82) is 0 Å². The van der Waals surface area contributed by atoms with E-state index in [9.17, 15) is 24.3 Å². The second-order valence-electron chi connectivity index (χ2n) is 17.5. The van der Waals surface area contributed by atoms with E-state index in [4.69, 9.17) is 4.74 Å². The van der Waals surface area contributed by atoms with Gasteiger partial charge in [-0.3, -0.25) is 19.2 Å². The van der Waals surface area contributed by atoms with Crippen LogP contribution in [0.2, 0.25) is 0 Å². The highest BCUT2D eigenvalue weighted by atomic mass is 16.5. The van der Waals surface area contributed by atoms with Crippen molar-refractivity contribution in [3.63, 3.8) is 0 Å². The van der Waals surface area contributed by atoms with E-state index in [1.54, 1.807) is 34.0 Å². The van der Waals surface area contributed by atoms with E-state index < -0.39 is 29.2 Å². The van der Waals surface area contributed by atoms with Crippen LogP contribution in [0.4, 0.5) is 0 Å². The van der Waals surface area contributed by atoms with Gasteiger partial charge in [0, 0.05) is 25.0 Å². The maximum Gasteiger partial charge on any atom is 0.311 e. The summed E-state index contributed by atoms with van der Waals surface area (Å²) in [5.41, 5.74) is -1.19. The maximum absolute atomic E-state index is 12.9. The average Bonchev–Trinajstić information content (AvgIpc) is 3.38. The van der Waals surface area contributed by atoms with Crippen LogP contribution in [0.5, 0.6) is 0 Å². The van der Waals surface area contributed by atoms with Crippen LogP contribution >= 0.6 is 0 Å². The number of ether oxygens (including phenoxy) is 1. The number of carboxylic acid groups (broad SMARTS) is 1. The number of amides is 2. The highest BCUT2D eigenvalue weighted by Gasteiger charge is 2.66. The zero-order valence-electron chi connectivity index (χ0n) is 30.2. The van der Waals surface area contributed by atoms with Gasteiger partial charge >= 0.3 is 23.8 Å². The minimum absolute atomic E-state index is 0.118. The molecule has 5 rings (SSSR count). The molecule has 0 saturated heterocycles. The normalized spacial score (nSPS) is 39.1. The lowest BCUT2D eigenvalue weighted by Gasteiger charge is -2.69. The van der Waals surface area contributed by atoms with Gasteiger partial charge in [0.2, 0.25) is 0 Å². The van der Waals surface area contributed by atoms with Gasteiger partial charge in [0.1, 0.15) is 6.10 Å². The standard InChI is InChI=1S/C35H56N2O6.C3H6/c1-31(2,30(41)42)20-27(38)43-26-15-18-34(6)24(32(26,3)4)14-17-33(5)22-13-19-35(36-28(39)29(40)37(7)8)16-9-10-23(35)21(22)11-12-25(33)34;1-3-2/h21-26H,9-20H2,1-8H3,(H,36,39)(H,41,42);3H,1H2,2H3. The third-order valence-corrected chi connectivity index (χ3v) is 13.9. The second-order valence-corrected chi connectivity index (χ2v) is 17.5. The third-order valence-electron chi connectivity index (χ3n) is 13.9. The van der Waals surface area contributed by atoms with E-state index in [1.165, 1.54) is 24.2 Å². The molecule has 2 amide bonds. The van der Waals surface area contributed by atoms with Crippen LogP contribution in [0.15, 0.2) is 12.7 Å². The lowest BCUT2D eigenvalue weighted by molar-refractivity contribution is -0.220. The first-order valence-corrected chi connectivity index (χ1v) is 17.8. The van der Waals surface area contributed by atoms with Crippen molar-refractivity contribution in [2.75, 3.05) is 14.1 Å². The molecule has 0 aromatic heterocycles. The number of aliphatic carboxylic acids is 1. The number of hydrogen-bond acceptors (Lipinski definition) is 5. The van der Waals surface area contributed by atoms with Crippen LogP contribution in [0, 0.1) is 51.2 Å². The molecule has 5 fully saturated rings. The molecule has 9 atom stereocenters. The Balaban J connectivity index is 0.00000154. The monoisotopic (exact) mass is 642 g/mol. The molecule has 0 aliphatic heterocycles. The van der Waals surface area contributed by atoms with Crippen molar-refractivity contribution < 1.29 is 29.0 Å². The minimum Gasteiger partial charge on any atom is -0.481 e. The molecular formula is C38H62N2O6. The van der Waals surface area contributed by atoms with Gasteiger partial charge in [-0.05, 0) is 125 Å². The number of likely N-dealkylation sites (N-methyl/N-ethyl adjacent to an activating group) is 1. The van der Waals surface area contributed by atoms with Gasteiger partial charge < -0.3 is 20.1 Å². The van der Waals surface area contributed by atoms with Crippen molar-refractivity contribution in [3.05, 3.63) is 12.7 Å². The predicted octanol–water partition coefficient (Wildman–Crippen LogP) is 7.01. The van der Waals surface area contributed by atoms with E-state index in [0.717, 1.165) is 51.4 Å². The summed E-state index contributed by atoms with van der Waals surface area (Å²) in [7, 11) is 3.28. The number of allylic oxidation sites excluding steroid dienone is 1. The molecule has 8 nitrogen and oxygen atoms in total. The largest absolute Gasteiger partial charge is 0.481 e. The quantitative estimate of drug-likeness (QED) is 0.189. The summed E-state index contributed by atoms with van der Waals surface area (Å²) in [6, 6.07) is 0. The van der Waals surface area contributed by atoms with Crippen LogP contribution in [0.1, 0.15) is 126 Å². The first kappa shape index (κ1) is 36.5. The number of nitrogens with zero attached hydrogens (tertiary/aromatic N) is 1. The minimum atomic E-state index is -1.14. The number of fused-ring (bicyclic) bond motifs is 7. The molecule has 0 aromatic carbocycles. The molecule has 9 unspecified atom stereocenters. The zero-order valence-corrected chi connectivity index (χ0v) is 30.2. The van der Waals surface area contributed by atoms with Gasteiger partial charge in [-0.15, -0.1) is 6.58 Å². The first-order valence-electron chi connectivity index (χ1n) is 17.8. The average molecular weight is 643 g/mol. The molecule has 5 aliphatic carbocycles. The van der Waals surface area contributed by atoms with E-state index in [-0.39, 0.29) is 34.3 Å². The number of carbonyl (C=O) groups is 4. The molecule has 260 valence electrons. The molecule has 0 radical (unpaired) electrons. The molecule has 8 heteroatoms. The molecule has 46 heavy (non-hydrogen) atoms. The van der Waals surface area contributed by atoms with Gasteiger partial charge in [0.25, 0.3) is 0 Å². The summed E-state index contributed by atoms with van der Waals surface area (Å²) in [6.07, 6.45) is 13.2. The molecule has 5 aliphatic rings. The van der Waals surface area contributed by atoms with Gasteiger partial charge in [0.15, 0.2) is 0 Å². The third kappa shape index (κ3) is 6.16. The lowest BCUT2D eigenvalue weighted by Crippen LogP contribution is -2.65. The van der Waals surface area contributed by atoms with Gasteiger partial charge in [-0.1, -0.05) is 40.2 Å². The van der Waals surface area contributed by atoms with Crippen LogP contribution in [-0.4, -0.2) is 59.5 Å². The first-order chi connectivity index (χ1) is 21.3. The molecule has 0 heterocycles. The van der Waals surface area contributed by atoms with E-state index in [2.05, 4.69) is 39.6 Å². The van der Waals surface area contributed by atoms with Gasteiger partial charge in [-0.2, -0.15) is 0 Å². The number of carbonyl (C=O) groups excluding carboxylic acids is 3. The molecule has 2 N–H and O–H groups in total. The second kappa shape index (κ2) is 12.9. The van der Waals surface area contributed by atoms with Crippen molar-refractivity contribution in [1.82, 2.24) is 10.2 Å². The van der Waals surface area contributed by atoms with Crippen LogP contribution < -0.4 is 5.32 Å². The van der Waals surface area contributed by atoms with E-state index >= 15 is 0 Å². The van der Waals surface area contributed by atoms with Gasteiger partial charge in [0.05, 0.1) is 11.8 Å². The smallest absolute Gasteiger partial charge is 0.311 e. The number of hydrogen-bond donors (Lipinski definition) is 2. The van der Waals surface area contributed by atoms with Crippen molar-refractivity contribution in [3.8, 4) is 0 Å². The molecule has 0 spiro atoms.